The second kappa shape index (κ2) is 3.55. The summed E-state index contributed by atoms with van der Waals surface area (Å²) < 4.78 is 22.5. The predicted octanol–water partition coefficient (Wildman–Crippen LogP) is -3.36. The molecule has 0 aromatic heterocycles. The van der Waals surface area contributed by atoms with E-state index in [9.17, 15) is 8.42 Å². The van der Waals surface area contributed by atoms with Gasteiger partial charge < -0.3 is 10.2 Å². The van der Waals surface area contributed by atoms with Gasteiger partial charge in [0.05, 0.1) is 5.75 Å². The molecule has 0 aromatic carbocycles. The van der Waals surface area contributed by atoms with Gasteiger partial charge in [0.25, 0.3) is 0 Å². The van der Waals surface area contributed by atoms with Gasteiger partial charge in [-0.3, -0.25) is 0 Å². The Morgan fingerprint density at radius 3 is 2.46 bits per heavy atom. The molecule has 2 rings (SSSR count). The maximum absolute atomic E-state index is 11.3. The number of quaternary nitrogens is 2. The molecule has 0 radical (unpaired) electrons. The standard InChI is InChI=1S/C8H16N2O2S/c11-13(12)6-1-8(7-13)10-4-2-9-3-5-10/h8-9H,1-7H2/p+2/t8-/m0/s1. The quantitative estimate of drug-likeness (QED) is 0.471. The van der Waals surface area contributed by atoms with Crippen molar-refractivity contribution < 1.29 is 18.6 Å². The molecule has 5 heteroatoms. The molecule has 2 fully saturated rings. The number of hydrogen-bond donors (Lipinski definition) is 2. The van der Waals surface area contributed by atoms with Gasteiger partial charge in [-0.05, 0) is 0 Å². The first-order valence-electron chi connectivity index (χ1n) is 5.04. The zero-order valence-corrected chi connectivity index (χ0v) is 8.65. The van der Waals surface area contributed by atoms with Crippen molar-refractivity contribution in [3.8, 4) is 0 Å². The van der Waals surface area contributed by atoms with Gasteiger partial charge in [-0.15, -0.1) is 0 Å². The Bertz CT molecular complexity index is 270. The van der Waals surface area contributed by atoms with Crippen molar-refractivity contribution in [3.63, 3.8) is 0 Å². The van der Waals surface area contributed by atoms with Crippen molar-refractivity contribution >= 4 is 9.84 Å². The molecular formula is C8H18N2O2S+2. The summed E-state index contributed by atoms with van der Waals surface area (Å²) in [5, 5.41) is 2.31. The lowest BCUT2D eigenvalue weighted by Gasteiger charge is -2.26. The maximum atomic E-state index is 11.3. The van der Waals surface area contributed by atoms with Crippen LogP contribution in [0.4, 0.5) is 0 Å². The molecule has 0 bridgehead atoms. The van der Waals surface area contributed by atoms with Crippen LogP contribution in [0, 0.1) is 0 Å². The van der Waals surface area contributed by atoms with Crippen LogP contribution in [0.5, 0.6) is 0 Å². The van der Waals surface area contributed by atoms with E-state index in [2.05, 4.69) is 5.32 Å². The summed E-state index contributed by atoms with van der Waals surface area (Å²) in [6, 6.07) is 0.402. The molecular weight excluding hydrogens is 188 g/mol. The van der Waals surface area contributed by atoms with Crippen molar-refractivity contribution in [2.45, 2.75) is 12.5 Å². The van der Waals surface area contributed by atoms with Crippen molar-refractivity contribution in [3.05, 3.63) is 0 Å². The Balaban J connectivity index is 1.95. The Hall–Kier alpha value is -0.130. The van der Waals surface area contributed by atoms with Crippen LogP contribution in [0.3, 0.4) is 0 Å². The van der Waals surface area contributed by atoms with E-state index in [-0.39, 0.29) is 0 Å². The first-order valence-corrected chi connectivity index (χ1v) is 6.86. The lowest BCUT2D eigenvalue weighted by molar-refractivity contribution is -0.964. The molecule has 3 N–H and O–H groups in total. The molecule has 0 amide bonds. The number of sulfone groups is 1. The molecule has 2 saturated heterocycles. The minimum atomic E-state index is -2.68. The molecule has 13 heavy (non-hydrogen) atoms. The highest BCUT2D eigenvalue weighted by Crippen LogP contribution is 2.08. The van der Waals surface area contributed by atoms with Crippen molar-refractivity contribution in [2.75, 3.05) is 37.7 Å². The van der Waals surface area contributed by atoms with Crippen LogP contribution < -0.4 is 10.2 Å². The smallest absolute Gasteiger partial charge is 0.156 e. The van der Waals surface area contributed by atoms with Crippen molar-refractivity contribution in [1.29, 1.82) is 0 Å². The second-order valence-electron chi connectivity index (χ2n) is 4.12. The summed E-state index contributed by atoms with van der Waals surface area (Å²) in [4.78, 5) is 1.52. The zero-order chi connectivity index (χ0) is 9.31. The van der Waals surface area contributed by atoms with E-state index in [4.69, 9.17) is 0 Å². The van der Waals surface area contributed by atoms with Crippen molar-refractivity contribution in [2.24, 2.45) is 0 Å². The van der Waals surface area contributed by atoms with Crippen LogP contribution in [0.25, 0.3) is 0 Å². The van der Waals surface area contributed by atoms with Gasteiger partial charge in [0, 0.05) is 6.42 Å². The third kappa shape index (κ3) is 2.21. The fraction of sp³-hybridized carbons (Fsp3) is 1.00. The average molecular weight is 206 g/mol. The van der Waals surface area contributed by atoms with Gasteiger partial charge in [-0.1, -0.05) is 0 Å². The van der Waals surface area contributed by atoms with Crippen LogP contribution in [-0.4, -0.2) is 52.1 Å². The molecule has 0 spiro atoms. The molecule has 2 heterocycles. The Morgan fingerprint density at radius 1 is 1.23 bits per heavy atom. The number of nitrogens with two attached hydrogens (primary N) is 1. The van der Waals surface area contributed by atoms with E-state index in [1.165, 1.54) is 4.90 Å². The summed E-state index contributed by atoms with van der Waals surface area (Å²) in [6.45, 7) is 4.60. The fourth-order valence-corrected chi connectivity index (χ4v) is 4.20. The molecule has 76 valence electrons. The van der Waals surface area contributed by atoms with E-state index in [0.29, 0.717) is 17.5 Å². The van der Waals surface area contributed by atoms with Gasteiger partial charge in [-0.2, -0.15) is 0 Å². The van der Waals surface area contributed by atoms with E-state index in [1.807, 2.05) is 0 Å². The second-order valence-corrected chi connectivity index (χ2v) is 6.35. The third-order valence-corrected chi connectivity index (χ3v) is 4.92. The largest absolute Gasteiger partial charge is 0.337 e. The highest BCUT2D eigenvalue weighted by atomic mass is 32.2. The lowest BCUT2D eigenvalue weighted by Crippen LogP contribution is -3.23. The Labute approximate surface area is 79.2 Å². The van der Waals surface area contributed by atoms with Gasteiger partial charge >= 0.3 is 0 Å². The number of rotatable bonds is 1. The van der Waals surface area contributed by atoms with Crippen LogP contribution in [0.2, 0.25) is 0 Å². The fourth-order valence-electron chi connectivity index (χ4n) is 2.37. The van der Waals surface area contributed by atoms with Crippen molar-refractivity contribution in [1.82, 2.24) is 0 Å². The topological polar surface area (TPSA) is 55.2 Å². The summed E-state index contributed by atoms with van der Waals surface area (Å²) in [5.41, 5.74) is 0. The number of nitrogens with one attached hydrogen (secondary N) is 1. The molecule has 2 aliphatic heterocycles. The maximum Gasteiger partial charge on any atom is 0.156 e. The summed E-state index contributed by atoms with van der Waals surface area (Å²) in [5.74, 6) is 0.854. The Kier molecular flexibility index (Phi) is 2.58. The average Bonchev–Trinajstić information content (AvgIpc) is 2.48. The van der Waals surface area contributed by atoms with Crippen LogP contribution in [-0.2, 0) is 9.84 Å². The monoisotopic (exact) mass is 206 g/mol. The van der Waals surface area contributed by atoms with Gasteiger partial charge in [0.2, 0.25) is 0 Å². The minimum absolute atomic E-state index is 0.402. The van der Waals surface area contributed by atoms with E-state index >= 15 is 0 Å². The molecule has 0 saturated carbocycles. The molecule has 2 aliphatic rings. The predicted molar refractivity (Wildman–Crippen MR) is 49.4 cm³/mol. The number of hydrogen-bond acceptors (Lipinski definition) is 2. The minimum Gasteiger partial charge on any atom is -0.337 e. The zero-order valence-electron chi connectivity index (χ0n) is 7.83. The molecule has 0 aromatic rings. The van der Waals surface area contributed by atoms with Crippen LogP contribution in [0.1, 0.15) is 6.42 Å². The molecule has 0 aliphatic carbocycles. The normalized spacial score (nSPS) is 34.9. The number of piperazine rings is 1. The third-order valence-electron chi connectivity index (χ3n) is 3.15. The first-order chi connectivity index (χ1) is 6.17. The van der Waals surface area contributed by atoms with E-state index < -0.39 is 9.84 Å². The highest BCUT2D eigenvalue weighted by molar-refractivity contribution is 7.91. The van der Waals surface area contributed by atoms with Crippen LogP contribution in [0.15, 0.2) is 0 Å². The summed E-state index contributed by atoms with van der Waals surface area (Å²) in [6.07, 6.45) is 0.887. The highest BCUT2D eigenvalue weighted by Gasteiger charge is 2.36. The SMILES string of the molecule is O=S1(=O)CC[C@H]([NH+]2CC[NH2+]CC2)C1. The summed E-state index contributed by atoms with van der Waals surface area (Å²) >= 11 is 0. The first kappa shape index (κ1) is 9.43. The molecule has 4 nitrogen and oxygen atoms in total. The molecule has 1 atom stereocenters. The van der Waals surface area contributed by atoms with Gasteiger partial charge in [0.15, 0.2) is 9.84 Å². The Morgan fingerprint density at radius 2 is 1.92 bits per heavy atom. The molecule has 0 unspecified atom stereocenters. The lowest BCUT2D eigenvalue weighted by atomic mass is 10.2. The van der Waals surface area contributed by atoms with Gasteiger partial charge in [-0.25, -0.2) is 8.42 Å². The van der Waals surface area contributed by atoms with E-state index in [0.717, 1.165) is 32.6 Å². The van der Waals surface area contributed by atoms with E-state index in [1.54, 1.807) is 0 Å². The van der Waals surface area contributed by atoms with Gasteiger partial charge in [0.1, 0.15) is 38.0 Å². The summed E-state index contributed by atoms with van der Waals surface area (Å²) in [7, 11) is -2.68. The van der Waals surface area contributed by atoms with Crippen LogP contribution >= 0.6 is 0 Å².